The minimum absolute atomic E-state index is 0.0714. The topological polar surface area (TPSA) is 81.8 Å². The van der Waals surface area contributed by atoms with E-state index in [9.17, 15) is 14.4 Å². The lowest BCUT2D eigenvalue weighted by atomic mass is 10.1. The van der Waals surface area contributed by atoms with Crippen LogP contribution in [0, 0.1) is 0 Å². The number of halogens is 1. The zero-order chi connectivity index (χ0) is 21.7. The van der Waals surface area contributed by atoms with Gasteiger partial charge in [0.1, 0.15) is 6.04 Å². The van der Waals surface area contributed by atoms with Gasteiger partial charge in [-0.25, -0.2) is 0 Å². The van der Waals surface area contributed by atoms with E-state index in [1.165, 1.54) is 11.8 Å². The lowest BCUT2D eigenvalue weighted by Gasteiger charge is -2.24. The third-order valence-corrected chi connectivity index (χ3v) is 5.24. The third kappa shape index (κ3) is 5.14. The smallest absolute Gasteiger partial charge is 0.256 e. The highest BCUT2D eigenvalue weighted by Crippen LogP contribution is 2.28. The summed E-state index contributed by atoms with van der Waals surface area (Å²) in [6.45, 7) is 2.02. The van der Waals surface area contributed by atoms with Crippen molar-refractivity contribution in [1.29, 1.82) is 0 Å². The second-order valence-corrected chi connectivity index (χ2v) is 7.54. The maximum absolute atomic E-state index is 13.2. The summed E-state index contributed by atoms with van der Waals surface area (Å²) < 4.78 is 0. The predicted octanol–water partition coefficient (Wildman–Crippen LogP) is 2.81. The molecule has 2 aromatic carbocycles. The number of nitrogens with zero attached hydrogens (tertiary/aromatic N) is 2. The number of para-hydroxylation sites is 1. The van der Waals surface area contributed by atoms with E-state index >= 15 is 0 Å². The van der Waals surface area contributed by atoms with E-state index in [0.717, 1.165) is 0 Å². The average molecular weight is 445 g/mol. The molecular formula is C21H21ClN4O3S. The van der Waals surface area contributed by atoms with Gasteiger partial charge in [-0.2, -0.15) is 0 Å². The molecule has 2 N–H and O–H groups in total. The fourth-order valence-corrected chi connectivity index (χ4v) is 3.72. The highest BCUT2D eigenvalue weighted by atomic mass is 35.5. The second-order valence-electron chi connectivity index (χ2n) is 6.74. The van der Waals surface area contributed by atoms with Crippen LogP contribution in [-0.4, -0.2) is 46.9 Å². The van der Waals surface area contributed by atoms with Crippen molar-refractivity contribution in [2.24, 2.45) is 0 Å². The number of thiocarbonyl (C=S) groups is 1. The van der Waals surface area contributed by atoms with Crippen LogP contribution in [0.3, 0.4) is 0 Å². The van der Waals surface area contributed by atoms with Gasteiger partial charge in [-0.15, -0.1) is 0 Å². The number of rotatable bonds is 7. The molecule has 30 heavy (non-hydrogen) atoms. The van der Waals surface area contributed by atoms with Crippen molar-refractivity contribution in [3.63, 3.8) is 0 Å². The van der Waals surface area contributed by atoms with E-state index in [4.69, 9.17) is 23.8 Å². The summed E-state index contributed by atoms with van der Waals surface area (Å²) in [6.07, 6.45) is -0.0714. The van der Waals surface area contributed by atoms with E-state index < -0.39 is 6.04 Å². The molecule has 1 heterocycles. The van der Waals surface area contributed by atoms with Crippen LogP contribution in [0.15, 0.2) is 54.6 Å². The van der Waals surface area contributed by atoms with Crippen molar-refractivity contribution in [1.82, 2.24) is 10.2 Å². The van der Waals surface area contributed by atoms with Crippen LogP contribution < -0.4 is 15.5 Å². The van der Waals surface area contributed by atoms with Crippen molar-refractivity contribution < 1.29 is 14.4 Å². The quantitative estimate of drug-likeness (QED) is 0.642. The standard InChI is InChI=1S/C21H21ClN4O3S/c1-14(27)23-11-12-25-18(13-19(28)24-16-5-3-2-4-6-16)20(29)26(21(25)30)17-9-7-15(22)8-10-17/h2-10,18H,11-13H2,1H3,(H,23,27)(H,24,28). The molecule has 0 aromatic heterocycles. The first-order chi connectivity index (χ1) is 14.4. The van der Waals surface area contributed by atoms with Crippen molar-refractivity contribution >= 4 is 58.0 Å². The van der Waals surface area contributed by atoms with Gasteiger partial charge in [0.05, 0.1) is 12.1 Å². The second kappa shape index (κ2) is 9.69. The lowest BCUT2D eigenvalue weighted by molar-refractivity contribution is -0.124. The SMILES string of the molecule is CC(=O)NCCN1C(=S)N(c2ccc(Cl)cc2)C(=O)C1CC(=O)Nc1ccccc1. The van der Waals surface area contributed by atoms with Crippen LogP contribution >= 0.6 is 23.8 Å². The number of carbonyl (C=O) groups is 3. The molecule has 2 aromatic rings. The Labute approximate surface area is 185 Å². The van der Waals surface area contributed by atoms with Gasteiger partial charge in [0.25, 0.3) is 5.91 Å². The number of benzene rings is 2. The van der Waals surface area contributed by atoms with E-state index in [0.29, 0.717) is 29.5 Å². The summed E-state index contributed by atoms with van der Waals surface area (Å²) in [7, 11) is 0. The van der Waals surface area contributed by atoms with Gasteiger partial charge in [0.15, 0.2) is 5.11 Å². The van der Waals surface area contributed by atoms with Crippen LogP contribution in [0.1, 0.15) is 13.3 Å². The van der Waals surface area contributed by atoms with Crippen LogP contribution in [0.4, 0.5) is 11.4 Å². The molecule has 3 rings (SSSR count). The van der Waals surface area contributed by atoms with E-state index in [1.54, 1.807) is 41.3 Å². The van der Waals surface area contributed by atoms with Gasteiger partial charge >= 0.3 is 0 Å². The van der Waals surface area contributed by atoms with Gasteiger partial charge in [0.2, 0.25) is 11.8 Å². The van der Waals surface area contributed by atoms with Crippen LogP contribution in [0.2, 0.25) is 5.02 Å². The molecule has 7 nitrogen and oxygen atoms in total. The lowest BCUT2D eigenvalue weighted by Crippen LogP contribution is -2.42. The maximum atomic E-state index is 13.2. The predicted molar refractivity (Wildman–Crippen MR) is 120 cm³/mol. The summed E-state index contributed by atoms with van der Waals surface area (Å²) in [4.78, 5) is 40.1. The fraction of sp³-hybridized carbons (Fsp3) is 0.238. The Morgan fingerprint density at radius 2 is 1.77 bits per heavy atom. The molecule has 0 bridgehead atoms. The van der Waals surface area contributed by atoms with Gasteiger partial charge in [-0.3, -0.25) is 19.3 Å². The summed E-state index contributed by atoms with van der Waals surface area (Å²) in [5.74, 6) is -0.780. The van der Waals surface area contributed by atoms with Crippen LogP contribution in [0.5, 0.6) is 0 Å². The summed E-state index contributed by atoms with van der Waals surface area (Å²) >= 11 is 11.5. The first-order valence-electron chi connectivity index (χ1n) is 9.36. The highest BCUT2D eigenvalue weighted by molar-refractivity contribution is 7.80. The Bertz CT molecular complexity index is 952. The third-order valence-electron chi connectivity index (χ3n) is 4.57. The number of carbonyl (C=O) groups excluding carboxylic acids is 3. The maximum Gasteiger partial charge on any atom is 0.256 e. The Balaban J connectivity index is 1.80. The summed E-state index contributed by atoms with van der Waals surface area (Å²) in [6, 6.07) is 15.0. The summed E-state index contributed by atoms with van der Waals surface area (Å²) in [5.41, 5.74) is 1.22. The van der Waals surface area contributed by atoms with E-state index in [1.807, 2.05) is 18.2 Å². The molecule has 3 amide bonds. The molecule has 0 spiro atoms. The molecule has 1 aliphatic heterocycles. The monoisotopic (exact) mass is 444 g/mol. The Morgan fingerprint density at radius 3 is 2.40 bits per heavy atom. The largest absolute Gasteiger partial charge is 0.355 e. The number of nitrogens with one attached hydrogen (secondary N) is 2. The molecule has 1 saturated heterocycles. The van der Waals surface area contributed by atoms with Crippen molar-refractivity contribution in [2.45, 2.75) is 19.4 Å². The minimum atomic E-state index is -0.773. The number of amides is 3. The molecule has 1 unspecified atom stereocenters. The number of hydrogen-bond acceptors (Lipinski definition) is 4. The van der Waals surface area contributed by atoms with Gasteiger partial charge in [-0.1, -0.05) is 29.8 Å². The molecule has 1 aliphatic rings. The molecular weight excluding hydrogens is 424 g/mol. The Morgan fingerprint density at radius 1 is 1.10 bits per heavy atom. The van der Waals surface area contributed by atoms with Gasteiger partial charge < -0.3 is 15.5 Å². The molecule has 156 valence electrons. The van der Waals surface area contributed by atoms with Crippen LogP contribution in [0.25, 0.3) is 0 Å². The molecule has 0 radical (unpaired) electrons. The highest BCUT2D eigenvalue weighted by Gasteiger charge is 2.43. The normalized spacial score (nSPS) is 16.0. The Hall–Kier alpha value is -2.97. The van der Waals surface area contributed by atoms with Gasteiger partial charge in [0, 0.05) is 30.7 Å². The minimum Gasteiger partial charge on any atom is -0.355 e. The molecule has 9 heteroatoms. The first-order valence-corrected chi connectivity index (χ1v) is 10.1. The van der Waals surface area contributed by atoms with Gasteiger partial charge in [-0.05, 0) is 48.6 Å². The Kier molecular flexibility index (Phi) is 7.02. The van der Waals surface area contributed by atoms with Crippen LogP contribution in [-0.2, 0) is 14.4 Å². The average Bonchev–Trinajstić information content (AvgIpc) is 2.93. The first kappa shape index (κ1) is 21.7. The molecule has 1 fully saturated rings. The zero-order valence-corrected chi connectivity index (χ0v) is 17.9. The van der Waals surface area contributed by atoms with E-state index in [-0.39, 0.29) is 29.3 Å². The number of hydrogen-bond donors (Lipinski definition) is 2. The fourth-order valence-electron chi connectivity index (χ4n) is 3.18. The summed E-state index contributed by atoms with van der Waals surface area (Å²) in [5, 5.41) is 6.31. The van der Waals surface area contributed by atoms with Crippen molar-refractivity contribution in [3.8, 4) is 0 Å². The molecule has 1 atom stereocenters. The van der Waals surface area contributed by atoms with Crippen molar-refractivity contribution in [2.75, 3.05) is 23.3 Å². The van der Waals surface area contributed by atoms with Crippen molar-refractivity contribution in [3.05, 3.63) is 59.6 Å². The molecule has 0 saturated carbocycles. The number of anilines is 2. The zero-order valence-electron chi connectivity index (χ0n) is 16.3. The van der Waals surface area contributed by atoms with E-state index in [2.05, 4.69) is 10.6 Å². The molecule has 0 aliphatic carbocycles.